The summed E-state index contributed by atoms with van der Waals surface area (Å²) in [6.07, 6.45) is 0. The minimum absolute atomic E-state index is 0.887. The Bertz CT molecular complexity index is 3110. The van der Waals surface area contributed by atoms with Crippen molar-refractivity contribution in [2.75, 3.05) is 4.90 Å². The van der Waals surface area contributed by atoms with E-state index >= 15 is 0 Å². The molecule has 0 saturated carbocycles. The quantitative estimate of drug-likeness (QED) is 0.189. The van der Waals surface area contributed by atoms with E-state index in [2.05, 4.69) is 157 Å². The molecule has 0 aliphatic rings. The third kappa shape index (κ3) is 4.09. The summed E-state index contributed by atoms with van der Waals surface area (Å²) in [4.78, 5) is 2.36. The van der Waals surface area contributed by atoms with Crippen LogP contribution in [0.4, 0.5) is 17.1 Å². The molecule has 0 spiro atoms. The second-order valence-corrected chi connectivity index (χ2v) is 13.9. The maximum atomic E-state index is 6.81. The monoisotopic (exact) mass is 657 g/mol. The maximum absolute atomic E-state index is 6.81. The molecule has 3 heterocycles. The lowest BCUT2D eigenvalue weighted by Crippen LogP contribution is -2.10. The largest absolute Gasteiger partial charge is 0.456 e. The summed E-state index contributed by atoms with van der Waals surface area (Å²) in [5.74, 6) is 0. The van der Waals surface area contributed by atoms with Gasteiger partial charge in [-0.15, -0.1) is 11.3 Å². The van der Waals surface area contributed by atoms with Gasteiger partial charge >= 0.3 is 0 Å². The van der Waals surface area contributed by atoms with Crippen molar-refractivity contribution in [3.63, 3.8) is 0 Å². The Balaban J connectivity index is 1.15. The van der Waals surface area contributed by atoms with Crippen LogP contribution in [0.3, 0.4) is 0 Å². The molecule has 3 aromatic heterocycles. The molecule has 0 amide bonds. The van der Waals surface area contributed by atoms with Crippen LogP contribution in [0.25, 0.3) is 85.9 Å². The highest BCUT2D eigenvalue weighted by Gasteiger charge is 2.24. The molecule has 0 aliphatic carbocycles. The zero-order valence-corrected chi connectivity index (χ0v) is 27.6. The Morgan fingerprint density at radius 3 is 1.94 bits per heavy atom. The van der Waals surface area contributed by atoms with Gasteiger partial charge in [-0.3, -0.25) is 0 Å². The fourth-order valence-electron chi connectivity index (χ4n) is 7.67. The number of rotatable bonds is 4. The number of furan rings is 2. The van der Waals surface area contributed by atoms with Crippen LogP contribution >= 0.6 is 11.3 Å². The minimum Gasteiger partial charge on any atom is -0.456 e. The molecule has 4 heteroatoms. The molecule has 0 atom stereocenters. The average Bonchev–Trinajstić information content (AvgIpc) is 3.86. The summed E-state index contributed by atoms with van der Waals surface area (Å²) < 4.78 is 15.6. The molecular formula is C46H27NO2S. The summed E-state index contributed by atoms with van der Waals surface area (Å²) in [7, 11) is 0. The summed E-state index contributed by atoms with van der Waals surface area (Å²) in [5, 5.41) is 9.47. The predicted octanol–water partition coefficient (Wildman–Crippen LogP) is 14.1. The van der Waals surface area contributed by atoms with Crippen molar-refractivity contribution in [2.45, 2.75) is 0 Å². The predicted molar refractivity (Wildman–Crippen MR) is 212 cm³/mol. The fourth-order valence-corrected chi connectivity index (χ4v) is 8.90. The van der Waals surface area contributed by atoms with Crippen LogP contribution in [0.5, 0.6) is 0 Å². The van der Waals surface area contributed by atoms with Crippen molar-refractivity contribution in [1.29, 1.82) is 0 Å². The van der Waals surface area contributed by atoms with E-state index in [9.17, 15) is 0 Å². The van der Waals surface area contributed by atoms with E-state index in [1.54, 1.807) is 0 Å². The van der Waals surface area contributed by atoms with E-state index in [0.717, 1.165) is 72.1 Å². The van der Waals surface area contributed by atoms with E-state index in [0.29, 0.717) is 0 Å². The Hall–Kier alpha value is -6.36. The van der Waals surface area contributed by atoms with E-state index in [4.69, 9.17) is 8.83 Å². The van der Waals surface area contributed by atoms with Crippen molar-refractivity contribution in [3.8, 4) is 11.1 Å². The number of para-hydroxylation sites is 2. The standard InChI is InChI=1S/C46H27NO2S/c1-2-10-30-25-33(23-19-28(30)9-1)47(32-21-17-29(18-22-32)31-20-24-35-34-11-3-6-14-40(34)48-42(35)26-31)39-27-38-36-12-5-8-16-43(36)50-46(38)44-37-13-4-7-15-41(37)49-45(39)44/h1-27H. The number of anilines is 3. The van der Waals surface area contributed by atoms with Gasteiger partial charge in [-0.2, -0.15) is 0 Å². The first kappa shape index (κ1) is 27.6. The lowest BCUT2D eigenvalue weighted by atomic mass is 10.0. The lowest BCUT2D eigenvalue weighted by Gasteiger charge is -2.26. The molecule has 3 nitrogen and oxygen atoms in total. The van der Waals surface area contributed by atoms with E-state index in [1.165, 1.54) is 30.9 Å². The Morgan fingerprint density at radius 2 is 1.08 bits per heavy atom. The zero-order chi connectivity index (χ0) is 32.8. The normalized spacial score (nSPS) is 12.0. The Kier molecular flexibility index (Phi) is 5.83. The SMILES string of the molecule is c1ccc2cc(N(c3ccc(-c4ccc5c(c4)oc4ccccc45)cc3)c3cc4c5ccccc5sc4c4c3oc3ccccc34)ccc2c1. The van der Waals surface area contributed by atoms with Gasteiger partial charge in [0.1, 0.15) is 16.7 Å². The number of thiophene rings is 1. The fraction of sp³-hybridized carbons (Fsp3) is 0. The number of nitrogens with zero attached hydrogens (tertiary/aromatic N) is 1. The number of fused-ring (bicyclic) bond motifs is 11. The first-order valence-corrected chi connectivity index (χ1v) is 17.6. The van der Waals surface area contributed by atoms with Gasteiger partial charge in [-0.05, 0) is 82.6 Å². The molecule has 0 fully saturated rings. The minimum atomic E-state index is 0.887. The molecule has 50 heavy (non-hydrogen) atoms. The molecule has 0 aliphatic heterocycles. The van der Waals surface area contributed by atoms with E-state index < -0.39 is 0 Å². The molecule has 0 radical (unpaired) electrons. The summed E-state index contributed by atoms with van der Waals surface area (Å²) >= 11 is 1.84. The van der Waals surface area contributed by atoms with Crippen LogP contribution in [0.2, 0.25) is 0 Å². The lowest BCUT2D eigenvalue weighted by molar-refractivity contribution is 0.669. The highest BCUT2D eigenvalue weighted by molar-refractivity contribution is 7.26. The van der Waals surface area contributed by atoms with Gasteiger partial charge in [0.15, 0.2) is 5.58 Å². The third-order valence-electron chi connectivity index (χ3n) is 10.0. The molecule has 0 saturated heterocycles. The Morgan fingerprint density at radius 1 is 0.420 bits per heavy atom. The smallest absolute Gasteiger partial charge is 0.160 e. The van der Waals surface area contributed by atoms with Crippen molar-refractivity contribution in [3.05, 3.63) is 164 Å². The van der Waals surface area contributed by atoms with Gasteiger partial charge in [-0.25, -0.2) is 0 Å². The summed E-state index contributed by atoms with van der Waals surface area (Å²) in [6.45, 7) is 0. The van der Waals surface area contributed by atoms with Crippen molar-refractivity contribution in [1.82, 2.24) is 0 Å². The highest BCUT2D eigenvalue weighted by atomic mass is 32.1. The maximum Gasteiger partial charge on any atom is 0.160 e. The molecule has 0 N–H and O–H groups in total. The summed E-state index contributed by atoms with van der Waals surface area (Å²) in [6, 6.07) is 58.3. The average molecular weight is 658 g/mol. The second-order valence-electron chi connectivity index (χ2n) is 12.9. The number of hydrogen-bond donors (Lipinski definition) is 0. The molecule has 11 rings (SSSR count). The van der Waals surface area contributed by atoms with Crippen molar-refractivity contribution in [2.24, 2.45) is 0 Å². The Labute approximate surface area is 290 Å². The van der Waals surface area contributed by atoms with Crippen LogP contribution < -0.4 is 4.90 Å². The van der Waals surface area contributed by atoms with Crippen LogP contribution in [-0.4, -0.2) is 0 Å². The number of benzene rings is 8. The molecule has 234 valence electrons. The zero-order valence-electron chi connectivity index (χ0n) is 26.8. The van der Waals surface area contributed by atoms with E-state index in [1.807, 2.05) is 23.5 Å². The first-order chi connectivity index (χ1) is 24.8. The van der Waals surface area contributed by atoms with Crippen LogP contribution in [0.1, 0.15) is 0 Å². The molecule has 11 aromatic rings. The topological polar surface area (TPSA) is 29.5 Å². The summed E-state index contributed by atoms with van der Waals surface area (Å²) in [5.41, 5.74) is 8.96. The van der Waals surface area contributed by atoms with Gasteiger partial charge in [0.2, 0.25) is 0 Å². The number of hydrogen-bond acceptors (Lipinski definition) is 4. The van der Waals surface area contributed by atoms with Gasteiger partial charge in [0.25, 0.3) is 0 Å². The molecule has 0 bridgehead atoms. The van der Waals surface area contributed by atoms with Crippen LogP contribution in [0.15, 0.2) is 173 Å². The molecule has 8 aromatic carbocycles. The van der Waals surface area contributed by atoms with E-state index in [-0.39, 0.29) is 0 Å². The van der Waals surface area contributed by atoms with Gasteiger partial charge in [0.05, 0.1) is 5.69 Å². The highest BCUT2D eigenvalue weighted by Crippen LogP contribution is 2.49. The third-order valence-corrected chi connectivity index (χ3v) is 11.2. The van der Waals surface area contributed by atoms with Crippen molar-refractivity contribution < 1.29 is 8.83 Å². The molecule has 0 unspecified atom stereocenters. The first-order valence-electron chi connectivity index (χ1n) is 16.8. The van der Waals surface area contributed by atoms with Crippen LogP contribution in [0, 0.1) is 0 Å². The van der Waals surface area contributed by atoms with Gasteiger partial charge < -0.3 is 13.7 Å². The van der Waals surface area contributed by atoms with Gasteiger partial charge in [0, 0.05) is 53.1 Å². The van der Waals surface area contributed by atoms with Crippen LogP contribution in [-0.2, 0) is 0 Å². The second kappa shape index (κ2) is 10.6. The molecular weight excluding hydrogens is 631 g/mol. The van der Waals surface area contributed by atoms with Gasteiger partial charge in [-0.1, -0.05) is 103 Å². The van der Waals surface area contributed by atoms with Crippen molar-refractivity contribution >= 4 is 103 Å².